The van der Waals surface area contributed by atoms with Crippen molar-refractivity contribution in [1.29, 1.82) is 0 Å². The second-order valence-electron chi connectivity index (χ2n) is 7.67. The predicted octanol–water partition coefficient (Wildman–Crippen LogP) is 4.92. The number of ketones is 1. The summed E-state index contributed by atoms with van der Waals surface area (Å²) in [4.78, 5) is 27.3. The average Bonchev–Trinajstić information content (AvgIpc) is 2.99. The second-order valence-corrected chi connectivity index (χ2v) is 8.10. The van der Waals surface area contributed by atoms with Crippen molar-refractivity contribution in [2.24, 2.45) is 0 Å². The Morgan fingerprint density at radius 3 is 2.30 bits per heavy atom. The molecule has 1 saturated heterocycles. The lowest BCUT2D eigenvalue weighted by molar-refractivity contribution is -0.140. The third kappa shape index (κ3) is 4.42. The fourth-order valence-corrected chi connectivity index (χ4v) is 3.79. The summed E-state index contributed by atoms with van der Waals surface area (Å²) >= 11 is 5.95. The topological polar surface area (TPSA) is 66.8 Å². The minimum atomic E-state index is -0.683. The molecule has 1 atom stereocenters. The van der Waals surface area contributed by atoms with Crippen molar-refractivity contribution in [3.05, 3.63) is 75.8 Å². The maximum Gasteiger partial charge on any atom is 0.295 e. The van der Waals surface area contributed by atoms with Crippen LogP contribution in [0.15, 0.2) is 54.1 Å². The molecule has 1 amide bonds. The fourth-order valence-electron chi connectivity index (χ4n) is 3.66. The number of carbonyl (C=O) groups excluding carboxylic acids is 2. The largest absolute Gasteiger partial charge is 0.507 e. The Labute approximate surface area is 181 Å². The second kappa shape index (κ2) is 9.45. The van der Waals surface area contributed by atoms with E-state index in [-0.39, 0.29) is 11.3 Å². The highest BCUT2D eigenvalue weighted by molar-refractivity contribution is 6.46. The van der Waals surface area contributed by atoms with E-state index < -0.39 is 17.7 Å². The first kappa shape index (κ1) is 22.1. The Bertz CT molecular complexity index is 948. The number of likely N-dealkylation sites (tertiary alicyclic amines) is 1. The van der Waals surface area contributed by atoms with Crippen LogP contribution in [0.4, 0.5) is 0 Å². The van der Waals surface area contributed by atoms with E-state index in [1.165, 1.54) is 4.90 Å². The Balaban J connectivity index is 2.10. The third-order valence-corrected chi connectivity index (χ3v) is 5.58. The summed E-state index contributed by atoms with van der Waals surface area (Å²) in [5, 5.41) is 11.5. The predicted molar refractivity (Wildman–Crippen MR) is 117 cm³/mol. The van der Waals surface area contributed by atoms with Gasteiger partial charge in [0.25, 0.3) is 11.7 Å². The van der Waals surface area contributed by atoms with Crippen LogP contribution in [-0.2, 0) is 14.3 Å². The molecule has 1 heterocycles. The van der Waals surface area contributed by atoms with Gasteiger partial charge >= 0.3 is 0 Å². The van der Waals surface area contributed by atoms with Crippen molar-refractivity contribution in [2.45, 2.75) is 32.2 Å². The van der Waals surface area contributed by atoms with Crippen LogP contribution >= 0.6 is 11.6 Å². The number of hydrogen-bond acceptors (Lipinski definition) is 4. The molecular formula is C24H26ClNO4. The van der Waals surface area contributed by atoms with Gasteiger partial charge in [-0.2, -0.15) is 0 Å². The molecule has 0 radical (unpaired) electrons. The smallest absolute Gasteiger partial charge is 0.295 e. The van der Waals surface area contributed by atoms with Gasteiger partial charge in [0.2, 0.25) is 0 Å². The molecule has 0 bridgehead atoms. The van der Waals surface area contributed by atoms with Crippen LogP contribution in [-0.4, -0.2) is 42.0 Å². The number of amides is 1. The number of methoxy groups -OCH3 is 1. The number of hydrogen-bond donors (Lipinski definition) is 1. The molecule has 0 aromatic heterocycles. The number of rotatable bonds is 7. The van der Waals surface area contributed by atoms with E-state index in [1.54, 1.807) is 31.4 Å². The van der Waals surface area contributed by atoms with Crippen LogP contribution in [0.25, 0.3) is 5.76 Å². The normalized spacial score (nSPS) is 18.4. The van der Waals surface area contributed by atoms with Crippen LogP contribution in [0.1, 0.15) is 48.9 Å². The van der Waals surface area contributed by atoms with Crippen molar-refractivity contribution in [3.63, 3.8) is 0 Å². The number of benzene rings is 2. The molecule has 1 N–H and O–H groups in total. The standard InChI is InChI=1S/C24H26ClNO4/c1-15(2)16-5-7-17(8-6-16)21-20(22(27)18-9-11-19(25)12-10-18)23(28)24(29)26(21)13-4-14-30-3/h5-12,15,21,27H,4,13-14H2,1-3H3/b22-20+/t21-/m1/s1. The van der Waals surface area contributed by atoms with Gasteiger partial charge in [-0.05, 0) is 47.7 Å². The van der Waals surface area contributed by atoms with E-state index in [4.69, 9.17) is 16.3 Å². The maximum absolute atomic E-state index is 12.9. The van der Waals surface area contributed by atoms with E-state index in [1.807, 2.05) is 24.3 Å². The van der Waals surface area contributed by atoms with Crippen molar-refractivity contribution in [1.82, 2.24) is 4.90 Å². The molecule has 1 aliphatic rings. The van der Waals surface area contributed by atoms with Crippen molar-refractivity contribution >= 4 is 29.1 Å². The summed E-state index contributed by atoms with van der Waals surface area (Å²) in [5.41, 5.74) is 2.48. The molecule has 2 aromatic rings. The summed E-state index contributed by atoms with van der Waals surface area (Å²) in [5.74, 6) is -1.13. The highest BCUT2D eigenvalue weighted by Gasteiger charge is 2.45. The minimum Gasteiger partial charge on any atom is -0.507 e. The zero-order chi connectivity index (χ0) is 21.8. The van der Waals surface area contributed by atoms with Gasteiger partial charge in [-0.15, -0.1) is 0 Å². The van der Waals surface area contributed by atoms with Crippen molar-refractivity contribution in [2.75, 3.05) is 20.3 Å². The summed E-state index contributed by atoms with van der Waals surface area (Å²) in [7, 11) is 1.59. The highest BCUT2D eigenvalue weighted by atomic mass is 35.5. The molecule has 0 saturated carbocycles. The molecule has 5 nitrogen and oxygen atoms in total. The van der Waals surface area contributed by atoms with Crippen molar-refractivity contribution < 1.29 is 19.4 Å². The number of aliphatic hydroxyl groups is 1. The van der Waals surface area contributed by atoms with Gasteiger partial charge in [0, 0.05) is 30.8 Å². The Morgan fingerprint density at radius 2 is 1.73 bits per heavy atom. The first-order valence-corrected chi connectivity index (χ1v) is 10.4. The first-order valence-electron chi connectivity index (χ1n) is 9.98. The lowest BCUT2D eigenvalue weighted by Crippen LogP contribution is -2.31. The van der Waals surface area contributed by atoms with Gasteiger partial charge < -0.3 is 14.7 Å². The Hall–Kier alpha value is -2.63. The number of Topliss-reactive ketones (excluding diaryl/α,β-unsaturated/α-hetero) is 1. The lowest BCUT2D eigenvalue weighted by atomic mass is 9.93. The quantitative estimate of drug-likeness (QED) is 0.294. The van der Waals surface area contributed by atoms with Gasteiger partial charge in [0.1, 0.15) is 5.76 Å². The molecule has 3 rings (SSSR count). The van der Waals surface area contributed by atoms with E-state index in [0.29, 0.717) is 36.1 Å². The van der Waals surface area contributed by atoms with Gasteiger partial charge in [0.05, 0.1) is 11.6 Å². The number of nitrogens with zero attached hydrogens (tertiary/aromatic N) is 1. The summed E-state index contributed by atoms with van der Waals surface area (Å²) in [6.45, 7) is 5.03. The molecule has 6 heteroatoms. The van der Waals surface area contributed by atoms with Crippen LogP contribution in [0.5, 0.6) is 0 Å². The van der Waals surface area contributed by atoms with Crippen LogP contribution in [0, 0.1) is 0 Å². The molecule has 0 aliphatic carbocycles. The van der Waals surface area contributed by atoms with E-state index >= 15 is 0 Å². The van der Waals surface area contributed by atoms with Gasteiger partial charge in [-0.1, -0.05) is 49.7 Å². The molecule has 0 spiro atoms. The summed E-state index contributed by atoms with van der Waals surface area (Å²) in [6, 6.07) is 13.7. The molecule has 0 unspecified atom stereocenters. The van der Waals surface area contributed by atoms with Gasteiger partial charge in [0.15, 0.2) is 0 Å². The molecule has 1 fully saturated rings. The van der Waals surface area contributed by atoms with Gasteiger partial charge in [-0.3, -0.25) is 9.59 Å². The first-order chi connectivity index (χ1) is 14.3. The average molecular weight is 428 g/mol. The number of aliphatic hydroxyl groups excluding tert-OH is 1. The summed E-state index contributed by atoms with van der Waals surface area (Å²) < 4.78 is 5.10. The molecular weight excluding hydrogens is 402 g/mol. The lowest BCUT2D eigenvalue weighted by Gasteiger charge is -2.25. The molecule has 158 valence electrons. The zero-order valence-corrected chi connectivity index (χ0v) is 18.1. The van der Waals surface area contributed by atoms with E-state index in [2.05, 4.69) is 13.8 Å². The monoisotopic (exact) mass is 427 g/mol. The van der Waals surface area contributed by atoms with Crippen LogP contribution in [0.2, 0.25) is 5.02 Å². The Morgan fingerprint density at radius 1 is 1.10 bits per heavy atom. The zero-order valence-electron chi connectivity index (χ0n) is 17.4. The highest BCUT2D eigenvalue weighted by Crippen LogP contribution is 2.39. The number of carbonyl (C=O) groups is 2. The third-order valence-electron chi connectivity index (χ3n) is 5.32. The van der Waals surface area contributed by atoms with Gasteiger partial charge in [-0.25, -0.2) is 0 Å². The van der Waals surface area contributed by atoms with E-state index in [0.717, 1.165) is 11.1 Å². The maximum atomic E-state index is 12.9. The molecule has 1 aliphatic heterocycles. The van der Waals surface area contributed by atoms with Crippen LogP contribution in [0.3, 0.4) is 0 Å². The SMILES string of the molecule is COCCCN1C(=O)C(=O)/C(=C(/O)c2ccc(Cl)cc2)[C@H]1c1ccc(C(C)C)cc1. The fraction of sp³-hybridized carbons (Fsp3) is 0.333. The molecule has 30 heavy (non-hydrogen) atoms. The van der Waals surface area contributed by atoms with E-state index in [9.17, 15) is 14.7 Å². The van der Waals surface area contributed by atoms with Crippen LogP contribution < -0.4 is 0 Å². The number of halogens is 1. The summed E-state index contributed by atoms with van der Waals surface area (Å²) in [6.07, 6.45) is 0.588. The minimum absolute atomic E-state index is 0.0945. The van der Waals surface area contributed by atoms with Crippen molar-refractivity contribution in [3.8, 4) is 0 Å². The number of ether oxygens (including phenoxy) is 1. The molecule has 2 aromatic carbocycles. The Kier molecular flexibility index (Phi) is 6.95.